The van der Waals surface area contributed by atoms with Gasteiger partial charge in [-0.1, -0.05) is 18.2 Å². The zero-order chi connectivity index (χ0) is 14.8. The van der Waals surface area contributed by atoms with E-state index in [9.17, 15) is 14.7 Å². The second-order valence-corrected chi connectivity index (χ2v) is 5.98. The molecule has 1 heterocycles. The average molecular weight is 293 g/mol. The predicted octanol–water partition coefficient (Wildman–Crippen LogP) is 1.86. The number of aliphatic hydroxyl groups is 1. The van der Waals surface area contributed by atoms with Gasteiger partial charge in [-0.3, -0.25) is 9.59 Å². The Hall–Kier alpha value is -1.92. The number of rotatable bonds is 5. The molecule has 0 bridgehead atoms. The van der Waals surface area contributed by atoms with Crippen molar-refractivity contribution >= 4 is 33.3 Å². The molecule has 0 aliphatic rings. The first-order valence-electron chi connectivity index (χ1n) is 6.08. The summed E-state index contributed by atoms with van der Waals surface area (Å²) >= 11 is 1.36. The van der Waals surface area contributed by atoms with Crippen molar-refractivity contribution in [1.29, 1.82) is 0 Å². The maximum absolute atomic E-state index is 12.0. The highest BCUT2D eigenvalue weighted by Crippen LogP contribution is 2.25. The van der Waals surface area contributed by atoms with Gasteiger partial charge in [0.15, 0.2) is 0 Å². The number of carboxylic acid groups (broad SMARTS) is 1. The first kappa shape index (κ1) is 14.5. The van der Waals surface area contributed by atoms with Gasteiger partial charge in [0.25, 0.3) is 5.91 Å². The van der Waals surface area contributed by atoms with Crippen molar-refractivity contribution in [1.82, 2.24) is 5.32 Å². The molecule has 1 unspecified atom stereocenters. The summed E-state index contributed by atoms with van der Waals surface area (Å²) in [6, 6.07) is 9.42. The van der Waals surface area contributed by atoms with Crippen molar-refractivity contribution in [2.45, 2.75) is 18.9 Å². The zero-order valence-corrected chi connectivity index (χ0v) is 11.7. The molecule has 20 heavy (non-hydrogen) atoms. The molecule has 1 aromatic heterocycles. The van der Waals surface area contributed by atoms with Crippen molar-refractivity contribution in [3.05, 3.63) is 35.2 Å². The summed E-state index contributed by atoms with van der Waals surface area (Å²) in [5.74, 6) is -1.41. The van der Waals surface area contributed by atoms with Gasteiger partial charge in [0.2, 0.25) is 0 Å². The molecule has 0 spiro atoms. The zero-order valence-electron chi connectivity index (χ0n) is 10.9. The van der Waals surface area contributed by atoms with E-state index in [0.29, 0.717) is 4.88 Å². The first-order valence-corrected chi connectivity index (χ1v) is 6.90. The Morgan fingerprint density at radius 2 is 2.05 bits per heavy atom. The smallest absolute Gasteiger partial charge is 0.306 e. The van der Waals surface area contributed by atoms with E-state index in [1.165, 1.54) is 18.3 Å². The van der Waals surface area contributed by atoms with Crippen molar-refractivity contribution in [2.24, 2.45) is 0 Å². The number of carboxylic acids is 1. The molecular formula is C14H15NO4S. The van der Waals surface area contributed by atoms with Crippen LogP contribution in [0.4, 0.5) is 0 Å². The van der Waals surface area contributed by atoms with Crippen LogP contribution in [-0.4, -0.2) is 34.2 Å². The number of thiophene rings is 1. The lowest BCUT2D eigenvalue weighted by atomic mass is 10.0. The van der Waals surface area contributed by atoms with E-state index in [4.69, 9.17) is 5.11 Å². The molecule has 0 radical (unpaired) electrons. The normalized spacial score (nSPS) is 13.9. The molecule has 3 N–H and O–H groups in total. The van der Waals surface area contributed by atoms with E-state index >= 15 is 0 Å². The maximum Gasteiger partial charge on any atom is 0.306 e. The number of fused-ring (bicyclic) bond motifs is 1. The number of hydrogen-bond donors (Lipinski definition) is 3. The Morgan fingerprint density at radius 3 is 2.70 bits per heavy atom. The van der Waals surface area contributed by atoms with Crippen molar-refractivity contribution in [2.75, 3.05) is 6.54 Å². The van der Waals surface area contributed by atoms with Gasteiger partial charge in [-0.2, -0.15) is 0 Å². The number of carbonyl (C=O) groups is 2. The summed E-state index contributed by atoms with van der Waals surface area (Å²) in [6.07, 6.45) is -0.417. The Balaban J connectivity index is 2.03. The first-order chi connectivity index (χ1) is 9.37. The number of carbonyl (C=O) groups excluding carboxylic acids is 1. The number of benzene rings is 1. The molecule has 0 saturated heterocycles. The third-order valence-electron chi connectivity index (χ3n) is 2.81. The summed E-state index contributed by atoms with van der Waals surface area (Å²) in [5, 5.41) is 22.0. The highest BCUT2D eigenvalue weighted by Gasteiger charge is 2.25. The van der Waals surface area contributed by atoms with Gasteiger partial charge in [-0.15, -0.1) is 11.3 Å². The van der Waals surface area contributed by atoms with E-state index in [1.807, 2.05) is 24.3 Å². The van der Waals surface area contributed by atoms with Crippen molar-refractivity contribution in [3.8, 4) is 0 Å². The van der Waals surface area contributed by atoms with Crippen molar-refractivity contribution in [3.63, 3.8) is 0 Å². The summed E-state index contributed by atoms with van der Waals surface area (Å²) < 4.78 is 1.01. The van der Waals surface area contributed by atoms with Crippen LogP contribution < -0.4 is 5.32 Å². The topological polar surface area (TPSA) is 86.6 Å². The summed E-state index contributed by atoms with van der Waals surface area (Å²) in [6.45, 7) is 1.28. The molecule has 5 nitrogen and oxygen atoms in total. The highest BCUT2D eigenvalue weighted by molar-refractivity contribution is 7.20. The standard InChI is InChI=1S/C14H15NO4S/c1-14(19,7-12(16)17)8-15-13(18)11-6-9-4-2-3-5-10(9)20-11/h2-6,19H,7-8H2,1H3,(H,15,18)(H,16,17). The van der Waals surface area contributed by atoms with Gasteiger partial charge in [-0.25, -0.2) is 0 Å². The van der Waals surface area contributed by atoms with E-state index in [-0.39, 0.29) is 12.5 Å². The summed E-state index contributed by atoms with van der Waals surface area (Å²) in [4.78, 5) is 23.1. The Morgan fingerprint density at radius 1 is 1.35 bits per heavy atom. The van der Waals surface area contributed by atoms with Crippen LogP contribution in [0.2, 0.25) is 0 Å². The number of aliphatic carboxylic acids is 1. The van der Waals surface area contributed by atoms with Crippen LogP contribution in [0.5, 0.6) is 0 Å². The Kier molecular flexibility index (Phi) is 4.06. The predicted molar refractivity (Wildman–Crippen MR) is 77.0 cm³/mol. The van der Waals surface area contributed by atoms with Crippen LogP contribution >= 0.6 is 11.3 Å². The van der Waals surface area contributed by atoms with Gasteiger partial charge < -0.3 is 15.5 Å². The van der Waals surface area contributed by atoms with Gasteiger partial charge in [0, 0.05) is 11.2 Å². The molecule has 1 atom stereocenters. The van der Waals surface area contributed by atoms with Gasteiger partial charge in [-0.05, 0) is 24.4 Å². The Bertz CT molecular complexity index is 614. The van der Waals surface area contributed by atoms with Gasteiger partial charge in [0.1, 0.15) is 0 Å². The molecule has 0 aliphatic carbocycles. The molecular weight excluding hydrogens is 278 g/mol. The quantitative estimate of drug-likeness (QED) is 0.785. The fourth-order valence-electron chi connectivity index (χ4n) is 1.84. The largest absolute Gasteiger partial charge is 0.481 e. The second kappa shape index (κ2) is 5.60. The second-order valence-electron chi connectivity index (χ2n) is 4.90. The molecule has 2 aromatic rings. The summed E-state index contributed by atoms with van der Waals surface area (Å²) in [7, 11) is 0. The number of nitrogens with one attached hydrogen (secondary N) is 1. The molecule has 106 valence electrons. The fourth-order valence-corrected chi connectivity index (χ4v) is 2.82. The van der Waals surface area contributed by atoms with Gasteiger partial charge >= 0.3 is 5.97 Å². The van der Waals surface area contributed by atoms with E-state index in [1.54, 1.807) is 6.07 Å². The molecule has 2 rings (SSSR count). The minimum absolute atomic E-state index is 0.105. The monoisotopic (exact) mass is 293 g/mol. The lowest BCUT2D eigenvalue weighted by molar-refractivity contribution is -0.141. The van der Waals surface area contributed by atoms with E-state index in [0.717, 1.165) is 10.1 Å². The molecule has 0 aliphatic heterocycles. The van der Waals surface area contributed by atoms with Crippen LogP contribution in [0.25, 0.3) is 10.1 Å². The molecule has 0 saturated carbocycles. The third kappa shape index (κ3) is 3.55. The third-order valence-corrected chi connectivity index (χ3v) is 3.93. The van der Waals surface area contributed by atoms with Crippen LogP contribution in [-0.2, 0) is 4.79 Å². The maximum atomic E-state index is 12.0. The average Bonchev–Trinajstić information content (AvgIpc) is 2.78. The van der Waals surface area contributed by atoms with E-state index < -0.39 is 18.0 Å². The van der Waals surface area contributed by atoms with Crippen LogP contribution in [0.15, 0.2) is 30.3 Å². The van der Waals surface area contributed by atoms with Crippen LogP contribution in [0.1, 0.15) is 23.0 Å². The lowest BCUT2D eigenvalue weighted by Gasteiger charge is -2.21. The number of amides is 1. The van der Waals surface area contributed by atoms with Crippen LogP contribution in [0.3, 0.4) is 0 Å². The fraction of sp³-hybridized carbons (Fsp3) is 0.286. The minimum Gasteiger partial charge on any atom is -0.481 e. The molecule has 1 aromatic carbocycles. The van der Waals surface area contributed by atoms with Gasteiger partial charge in [0.05, 0.1) is 16.9 Å². The Labute approximate surface area is 119 Å². The molecule has 0 fully saturated rings. The molecule has 1 amide bonds. The van der Waals surface area contributed by atoms with E-state index in [2.05, 4.69) is 5.32 Å². The highest BCUT2D eigenvalue weighted by atomic mass is 32.1. The molecule has 6 heteroatoms. The lowest BCUT2D eigenvalue weighted by Crippen LogP contribution is -2.41. The SMILES string of the molecule is CC(O)(CNC(=O)c1cc2ccccc2s1)CC(=O)O. The van der Waals surface area contributed by atoms with Crippen LogP contribution in [0, 0.1) is 0 Å². The minimum atomic E-state index is -1.46. The van der Waals surface area contributed by atoms with Crippen molar-refractivity contribution < 1.29 is 19.8 Å². The summed E-state index contributed by atoms with van der Waals surface area (Å²) in [5.41, 5.74) is -1.46. The number of hydrogen-bond acceptors (Lipinski definition) is 4.